The number of sulfone groups is 1. The third kappa shape index (κ3) is 5.07. The molecule has 7 heteroatoms. The second kappa shape index (κ2) is 6.72. The largest absolute Gasteiger partial charge is 0.416 e. The Bertz CT molecular complexity index is 756. The minimum absolute atomic E-state index is 0.0417. The van der Waals surface area contributed by atoms with Crippen LogP contribution in [-0.4, -0.2) is 19.3 Å². The quantitative estimate of drug-likeness (QED) is 0.905. The summed E-state index contributed by atoms with van der Waals surface area (Å²) in [7, 11) is -3.76. The number of aliphatic hydroxyl groups is 1. The van der Waals surface area contributed by atoms with E-state index < -0.39 is 39.2 Å². The molecule has 0 aromatic heterocycles. The molecule has 2 rings (SSSR count). The highest BCUT2D eigenvalue weighted by Crippen LogP contribution is 2.30. The third-order valence-electron chi connectivity index (χ3n) is 3.24. The third-order valence-corrected chi connectivity index (χ3v) is 4.83. The van der Waals surface area contributed by atoms with Crippen molar-refractivity contribution in [2.24, 2.45) is 0 Å². The summed E-state index contributed by atoms with van der Waals surface area (Å²) in [6.45, 7) is 0. The van der Waals surface area contributed by atoms with E-state index in [4.69, 9.17) is 0 Å². The van der Waals surface area contributed by atoms with Crippen molar-refractivity contribution in [3.8, 4) is 0 Å². The van der Waals surface area contributed by atoms with Gasteiger partial charge in [0.25, 0.3) is 0 Å². The summed E-state index contributed by atoms with van der Waals surface area (Å²) in [6.07, 6.45) is -5.74. The van der Waals surface area contributed by atoms with E-state index in [-0.39, 0.29) is 5.56 Å². The van der Waals surface area contributed by atoms with Crippen LogP contribution in [0.5, 0.6) is 0 Å². The molecule has 0 saturated heterocycles. The van der Waals surface area contributed by atoms with Crippen molar-refractivity contribution >= 4 is 9.84 Å². The molecule has 2 aromatic carbocycles. The maximum Gasteiger partial charge on any atom is 0.416 e. The number of hydrogen-bond donors (Lipinski definition) is 1. The molecule has 3 nitrogen and oxygen atoms in total. The van der Waals surface area contributed by atoms with Gasteiger partial charge in [-0.15, -0.1) is 0 Å². The Balaban J connectivity index is 2.13. The molecule has 1 atom stereocenters. The molecule has 0 amide bonds. The molecule has 124 valence electrons. The van der Waals surface area contributed by atoms with E-state index in [1.165, 1.54) is 12.1 Å². The van der Waals surface area contributed by atoms with Crippen molar-refractivity contribution in [1.82, 2.24) is 0 Å². The van der Waals surface area contributed by atoms with Crippen LogP contribution >= 0.6 is 0 Å². The number of benzene rings is 2. The number of aliphatic hydroxyl groups excluding tert-OH is 1. The molecule has 0 aliphatic rings. The summed E-state index contributed by atoms with van der Waals surface area (Å²) >= 11 is 0. The molecule has 2 aromatic rings. The van der Waals surface area contributed by atoms with Gasteiger partial charge >= 0.3 is 6.18 Å². The van der Waals surface area contributed by atoms with Gasteiger partial charge in [0, 0.05) is 0 Å². The van der Waals surface area contributed by atoms with Crippen LogP contribution in [0.2, 0.25) is 0 Å². The predicted octanol–water partition coefficient (Wildman–Crippen LogP) is 3.35. The lowest BCUT2D eigenvalue weighted by molar-refractivity contribution is -0.137. The van der Waals surface area contributed by atoms with Crippen molar-refractivity contribution < 1.29 is 26.7 Å². The lowest BCUT2D eigenvalue weighted by Gasteiger charge is -2.12. The zero-order chi connectivity index (χ0) is 17.1. The minimum Gasteiger partial charge on any atom is -0.387 e. The van der Waals surface area contributed by atoms with Gasteiger partial charge in [0.15, 0.2) is 9.84 Å². The molecule has 0 radical (unpaired) electrons. The van der Waals surface area contributed by atoms with Crippen LogP contribution in [0.15, 0.2) is 54.6 Å². The van der Waals surface area contributed by atoms with Gasteiger partial charge in [-0.25, -0.2) is 8.42 Å². The zero-order valence-electron chi connectivity index (χ0n) is 12.0. The fourth-order valence-electron chi connectivity index (χ4n) is 2.16. The smallest absolute Gasteiger partial charge is 0.387 e. The van der Waals surface area contributed by atoms with E-state index in [0.29, 0.717) is 5.56 Å². The molecular weight excluding hydrogens is 329 g/mol. The summed E-state index contributed by atoms with van der Waals surface area (Å²) in [5, 5.41) is 9.96. The molecule has 0 aliphatic heterocycles. The van der Waals surface area contributed by atoms with Crippen molar-refractivity contribution in [2.75, 3.05) is 5.75 Å². The summed E-state index contributed by atoms with van der Waals surface area (Å²) in [5.41, 5.74) is -0.408. The molecule has 1 N–H and O–H groups in total. The number of rotatable bonds is 5. The van der Waals surface area contributed by atoms with E-state index >= 15 is 0 Å². The first kappa shape index (κ1) is 17.5. The van der Waals surface area contributed by atoms with Crippen molar-refractivity contribution in [3.05, 3.63) is 71.3 Å². The second-order valence-corrected chi connectivity index (χ2v) is 7.29. The van der Waals surface area contributed by atoms with Crippen molar-refractivity contribution in [3.63, 3.8) is 0 Å². The molecule has 0 unspecified atom stereocenters. The first-order chi connectivity index (χ1) is 10.7. The van der Waals surface area contributed by atoms with E-state index in [0.717, 1.165) is 12.1 Å². The summed E-state index contributed by atoms with van der Waals surface area (Å²) < 4.78 is 62.1. The zero-order valence-corrected chi connectivity index (χ0v) is 12.8. The highest BCUT2D eigenvalue weighted by atomic mass is 32.2. The van der Waals surface area contributed by atoms with E-state index in [1.54, 1.807) is 30.3 Å². The van der Waals surface area contributed by atoms with Crippen LogP contribution in [0.4, 0.5) is 13.2 Å². The Labute approximate surface area is 132 Å². The fourth-order valence-corrected chi connectivity index (χ4v) is 3.64. The monoisotopic (exact) mass is 344 g/mol. The Hall–Kier alpha value is -1.86. The minimum atomic E-state index is -4.52. The van der Waals surface area contributed by atoms with Gasteiger partial charge < -0.3 is 5.11 Å². The first-order valence-corrected chi connectivity index (χ1v) is 8.59. The molecule has 0 saturated carbocycles. The molecular formula is C16H15F3O3S. The van der Waals surface area contributed by atoms with Crippen LogP contribution in [0, 0.1) is 0 Å². The van der Waals surface area contributed by atoms with Gasteiger partial charge in [-0.05, 0) is 17.2 Å². The highest BCUT2D eigenvalue weighted by Gasteiger charge is 2.30. The van der Waals surface area contributed by atoms with Crippen molar-refractivity contribution in [2.45, 2.75) is 18.0 Å². The fraction of sp³-hybridized carbons (Fsp3) is 0.250. The normalized spacial score (nSPS) is 13.7. The summed E-state index contributed by atoms with van der Waals surface area (Å²) in [4.78, 5) is 0. The number of halogens is 3. The molecule has 0 fully saturated rings. The van der Waals surface area contributed by atoms with E-state index in [2.05, 4.69) is 0 Å². The van der Waals surface area contributed by atoms with Gasteiger partial charge in [-0.3, -0.25) is 0 Å². The first-order valence-electron chi connectivity index (χ1n) is 6.77. The average molecular weight is 344 g/mol. The van der Waals surface area contributed by atoms with E-state index in [9.17, 15) is 26.7 Å². The molecule has 0 aliphatic carbocycles. The Kier molecular flexibility index (Phi) is 5.11. The van der Waals surface area contributed by atoms with Crippen LogP contribution < -0.4 is 0 Å². The average Bonchev–Trinajstić information content (AvgIpc) is 2.46. The maximum atomic E-state index is 12.6. The Morgan fingerprint density at radius 1 is 1.00 bits per heavy atom. The molecule has 0 spiro atoms. The summed E-state index contributed by atoms with van der Waals surface area (Å²) in [5.74, 6) is -1.10. The molecule has 0 bridgehead atoms. The van der Waals surface area contributed by atoms with E-state index in [1.807, 2.05) is 0 Å². The lowest BCUT2D eigenvalue weighted by Crippen LogP contribution is -2.16. The standard InChI is InChI=1S/C16H15F3O3S/c17-16(18,19)14-8-4-5-12(9-14)10-23(21,22)11-15(20)13-6-2-1-3-7-13/h1-9,15,20H,10-11H2/t15-/m1/s1. The van der Waals surface area contributed by atoms with Gasteiger partial charge in [0.2, 0.25) is 0 Å². The van der Waals surface area contributed by atoms with Crippen LogP contribution in [0.3, 0.4) is 0 Å². The summed E-state index contributed by atoms with van der Waals surface area (Å²) in [6, 6.07) is 12.4. The highest BCUT2D eigenvalue weighted by molar-refractivity contribution is 7.90. The Morgan fingerprint density at radius 3 is 2.26 bits per heavy atom. The number of hydrogen-bond acceptors (Lipinski definition) is 3. The van der Waals surface area contributed by atoms with Gasteiger partial charge in [0.1, 0.15) is 0 Å². The molecule has 0 heterocycles. The van der Waals surface area contributed by atoms with Crippen molar-refractivity contribution in [1.29, 1.82) is 0 Å². The topological polar surface area (TPSA) is 54.4 Å². The van der Waals surface area contributed by atoms with Gasteiger partial charge in [0.05, 0.1) is 23.2 Å². The number of alkyl halides is 3. The lowest BCUT2D eigenvalue weighted by atomic mass is 10.1. The Morgan fingerprint density at radius 2 is 1.65 bits per heavy atom. The van der Waals surface area contributed by atoms with Crippen LogP contribution in [0.1, 0.15) is 22.8 Å². The van der Waals surface area contributed by atoms with Crippen LogP contribution in [0.25, 0.3) is 0 Å². The van der Waals surface area contributed by atoms with Gasteiger partial charge in [-0.1, -0.05) is 48.5 Å². The predicted molar refractivity (Wildman–Crippen MR) is 80.3 cm³/mol. The molecule has 23 heavy (non-hydrogen) atoms. The van der Waals surface area contributed by atoms with Gasteiger partial charge in [-0.2, -0.15) is 13.2 Å². The SMILES string of the molecule is O=S(=O)(Cc1cccc(C(F)(F)F)c1)C[C@@H](O)c1ccccc1. The van der Waals surface area contributed by atoms with Crippen LogP contribution in [-0.2, 0) is 21.8 Å². The maximum absolute atomic E-state index is 12.6. The second-order valence-electron chi connectivity index (χ2n) is 5.18.